The topological polar surface area (TPSA) is 79.5 Å². The molecule has 0 radical (unpaired) electrons. The van der Waals surface area contributed by atoms with Crippen LogP contribution in [0.1, 0.15) is 28.9 Å². The Hall–Kier alpha value is -3.29. The molecule has 2 amide bonds. The Morgan fingerprint density at radius 2 is 1.80 bits per heavy atom. The van der Waals surface area contributed by atoms with E-state index in [2.05, 4.69) is 10.1 Å². The molecule has 1 aromatic carbocycles. The van der Waals surface area contributed by atoms with Gasteiger partial charge in [0.05, 0.1) is 22.3 Å². The zero-order valence-electron chi connectivity index (χ0n) is 16.6. The smallest absolute Gasteiger partial charge is 0.259 e. The van der Waals surface area contributed by atoms with Crippen molar-refractivity contribution in [2.75, 3.05) is 26.2 Å². The van der Waals surface area contributed by atoms with Crippen LogP contribution in [0.4, 0.5) is 4.39 Å². The number of pyridine rings is 1. The van der Waals surface area contributed by atoms with Crippen molar-refractivity contribution < 1.29 is 18.5 Å². The number of carbonyl (C=O) groups is 2. The maximum Gasteiger partial charge on any atom is 0.259 e. The Morgan fingerprint density at radius 3 is 2.50 bits per heavy atom. The Bertz CT molecular complexity index is 1150. The summed E-state index contributed by atoms with van der Waals surface area (Å²) in [6, 6.07) is 7.89. The summed E-state index contributed by atoms with van der Waals surface area (Å²) in [5, 5.41) is 4.49. The summed E-state index contributed by atoms with van der Waals surface area (Å²) in [6.45, 7) is 3.72. The van der Waals surface area contributed by atoms with Crippen LogP contribution in [0.15, 0.2) is 34.9 Å². The molecule has 1 saturated carbocycles. The zero-order chi connectivity index (χ0) is 20.8. The van der Waals surface area contributed by atoms with E-state index in [1.54, 1.807) is 36.1 Å². The van der Waals surface area contributed by atoms with Crippen LogP contribution in [0.2, 0.25) is 0 Å². The van der Waals surface area contributed by atoms with Crippen molar-refractivity contribution in [1.82, 2.24) is 19.9 Å². The minimum Gasteiger partial charge on any atom is -0.339 e. The first-order chi connectivity index (χ1) is 14.5. The molecular weight excluding hydrogens is 387 g/mol. The maximum absolute atomic E-state index is 14.3. The Morgan fingerprint density at radius 1 is 1.10 bits per heavy atom. The van der Waals surface area contributed by atoms with Gasteiger partial charge in [-0.05, 0) is 38.0 Å². The number of aryl methyl sites for hydroxylation is 1. The van der Waals surface area contributed by atoms with Gasteiger partial charge < -0.3 is 14.3 Å². The van der Waals surface area contributed by atoms with Gasteiger partial charge in [0.25, 0.3) is 11.6 Å². The number of fused-ring (bicyclic) bond motifs is 1. The Balaban J connectivity index is 1.47. The molecule has 0 N–H and O–H groups in total. The molecule has 2 aromatic heterocycles. The molecule has 3 aromatic rings. The van der Waals surface area contributed by atoms with Crippen LogP contribution in [-0.4, -0.2) is 57.9 Å². The molecule has 7 nitrogen and oxygen atoms in total. The van der Waals surface area contributed by atoms with Crippen molar-refractivity contribution in [3.8, 4) is 11.3 Å². The second-order valence-corrected chi connectivity index (χ2v) is 7.87. The molecule has 0 bridgehead atoms. The second kappa shape index (κ2) is 7.19. The lowest BCUT2D eigenvalue weighted by Gasteiger charge is -2.35. The standard InChI is InChI=1S/C22H21FN4O3/c1-13-19-16(22(29)27-10-8-26(9-11-27)21(28)14-6-7-14)12-18(24-20(19)30-25-13)15-4-2-3-5-17(15)23/h2-5,12,14H,6-11H2,1H3. The summed E-state index contributed by atoms with van der Waals surface area (Å²) in [4.78, 5) is 33.6. The summed E-state index contributed by atoms with van der Waals surface area (Å²) in [5.74, 6) is -0.240. The molecule has 1 aliphatic heterocycles. The number of piperazine rings is 1. The summed E-state index contributed by atoms with van der Waals surface area (Å²) in [6.07, 6.45) is 1.94. The maximum atomic E-state index is 14.3. The normalized spacial score (nSPS) is 16.9. The van der Waals surface area contributed by atoms with Crippen LogP contribution in [0.5, 0.6) is 0 Å². The SMILES string of the molecule is Cc1noc2nc(-c3ccccc3F)cc(C(=O)N3CCN(C(=O)C4CC4)CC3)c12. The quantitative estimate of drug-likeness (QED) is 0.666. The highest BCUT2D eigenvalue weighted by Crippen LogP contribution is 2.32. The lowest BCUT2D eigenvalue weighted by Crippen LogP contribution is -2.51. The third kappa shape index (κ3) is 3.22. The number of hydrogen-bond donors (Lipinski definition) is 0. The highest BCUT2D eigenvalue weighted by Gasteiger charge is 2.35. The Kier molecular flexibility index (Phi) is 4.49. The van der Waals surface area contributed by atoms with Gasteiger partial charge in [0.1, 0.15) is 5.82 Å². The lowest BCUT2D eigenvalue weighted by atomic mass is 10.0. The monoisotopic (exact) mass is 408 g/mol. The molecule has 1 aliphatic carbocycles. The van der Waals surface area contributed by atoms with E-state index in [4.69, 9.17) is 4.52 Å². The fourth-order valence-corrected chi connectivity index (χ4v) is 3.96. The zero-order valence-corrected chi connectivity index (χ0v) is 16.6. The number of aromatic nitrogens is 2. The lowest BCUT2D eigenvalue weighted by molar-refractivity contribution is -0.134. The first-order valence-corrected chi connectivity index (χ1v) is 10.1. The van der Waals surface area contributed by atoms with Crippen molar-refractivity contribution in [2.45, 2.75) is 19.8 Å². The highest BCUT2D eigenvalue weighted by molar-refractivity contribution is 6.07. The van der Waals surface area contributed by atoms with Crippen molar-refractivity contribution in [3.63, 3.8) is 0 Å². The third-order valence-corrected chi connectivity index (χ3v) is 5.80. The van der Waals surface area contributed by atoms with E-state index in [1.165, 1.54) is 6.07 Å². The van der Waals surface area contributed by atoms with Crippen LogP contribution in [0.25, 0.3) is 22.4 Å². The minimum atomic E-state index is -0.425. The van der Waals surface area contributed by atoms with E-state index < -0.39 is 5.82 Å². The number of rotatable bonds is 3. The van der Waals surface area contributed by atoms with Crippen molar-refractivity contribution >= 4 is 22.9 Å². The highest BCUT2D eigenvalue weighted by atomic mass is 19.1. The summed E-state index contributed by atoms with van der Waals surface area (Å²) >= 11 is 0. The molecule has 8 heteroatoms. The first kappa shape index (κ1) is 18.7. The molecule has 0 unspecified atom stereocenters. The van der Waals surface area contributed by atoms with E-state index in [-0.39, 0.29) is 23.4 Å². The third-order valence-electron chi connectivity index (χ3n) is 5.80. The van der Waals surface area contributed by atoms with Gasteiger partial charge in [0.15, 0.2) is 0 Å². The summed E-state index contributed by atoms with van der Waals surface area (Å²) in [5.41, 5.74) is 1.77. The van der Waals surface area contributed by atoms with Crippen LogP contribution in [0, 0.1) is 18.7 Å². The molecule has 30 heavy (non-hydrogen) atoms. The van der Waals surface area contributed by atoms with E-state index in [1.807, 2.05) is 4.90 Å². The average Bonchev–Trinajstić information content (AvgIpc) is 3.55. The fourth-order valence-electron chi connectivity index (χ4n) is 3.96. The first-order valence-electron chi connectivity index (χ1n) is 10.1. The minimum absolute atomic E-state index is 0.176. The van der Waals surface area contributed by atoms with E-state index >= 15 is 0 Å². The van der Waals surface area contributed by atoms with Gasteiger partial charge in [-0.25, -0.2) is 9.37 Å². The number of hydrogen-bond acceptors (Lipinski definition) is 5. The van der Waals surface area contributed by atoms with Gasteiger partial charge in [-0.1, -0.05) is 17.3 Å². The van der Waals surface area contributed by atoms with Crippen molar-refractivity contribution in [3.05, 3.63) is 47.4 Å². The molecule has 1 saturated heterocycles. The number of amides is 2. The van der Waals surface area contributed by atoms with E-state index in [9.17, 15) is 14.0 Å². The summed E-state index contributed by atoms with van der Waals surface area (Å²) in [7, 11) is 0. The second-order valence-electron chi connectivity index (χ2n) is 7.87. The van der Waals surface area contributed by atoms with E-state index in [0.717, 1.165) is 12.8 Å². The fraction of sp³-hybridized carbons (Fsp3) is 0.364. The van der Waals surface area contributed by atoms with Gasteiger partial charge >= 0.3 is 0 Å². The van der Waals surface area contributed by atoms with Gasteiger partial charge in [0.2, 0.25) is 5.91 Å². The predicted molar refractivity (Wildman–Crippen MR) is 107 cm³/mol. The molecule has 154 valence electrons. The number of halogens is 1. The average molecular weight is 408 g/mol. The number of nitrogens with zero attached hydrogens (tertiary/aromatic N) is 4. The van der Waals surface area contributed by atoms with Gasteiger partial charge in [-0.2, -0.15) is 0 Å². The molecular formula is C22H21FN4O3. The predicted octanol–water partition coefficient (Wildman–Crippen LogP) is 3.03. The van der Waals surface area contributed by atoms with Gasteiger partial charge in [0, 0.05) is 37.7 Å². The van der Waals surface area contributed by atoms with Gasteiger partial charge in [-0.3, -0.25) is 9.59 Å². The molecule has 3 heterocycles. The van der Waals surface area contributed by atoms with Crippen LogP contribution >= 0.6 is 0 Å². The molecule has 0 atom stereocenters. The van der Waals surface area contributed by atoms with Crippen LogP contribution < -0.4 is 0 Å². The number of carbonyl (C=O) groups excluding carboxylic acids is 2. The molecule has 2 fully saturated rings. The van der Waals surface area contributed by atoms with Crippen molar-refractivity contribution in [1.29, 1.82) is 0 Å². The Labute approximate surface area is 172 Å². The number of benzene rings is 1. The van der Waals surface area contributed by atoms with Crippen LogP contribution in [0.3, 0.4) is 0 Å². The van der Waals surface area contributed by atoms with Gasteiger partial charge in [-0.15, -0.1) is 0 Å². The molecule has 2 aliphatic rings. The molecule has 5 rings (SSSR count). The largest absolute Gasteiger partial charge is 0.339 e. The molecule has 0 spiro atoms. The summed E-state index contributed by atoms with van der Waals surface area (Å²) < 4.78 is 19.6. The van der Waals surface area contributed by atoms with E-state index in [0.29, 0.717) is 54.1 Å². The van der Waals surface area contributed by atoms with Crippen molar-refractivity contribution in [2.24, 2.45) is 5.92 Å². The van der Waals surface area contributed by atoms with Crippen LogP contribution in [-0.2, 0) is 4.79 Å².